The van der Waals surface area contributed by atoms with Gasteiger partial charge in [-0.3, -0.25) is 9.59 Å². The summed E-state index contributed by atoms with van der Waals surface area (Å²) < 4.78 is 0. The minimum Gasteiger partial charge on any atom is -0.398 e. The number of carbonyl (C=O) groups excluding carboxylic acids is 3. The molecular weight excluding hydrogens is 480 g/mol. The van der Waals surface area contributed by atoms with Gasteiger partial charge in [0.1, 0.15) is 31.9 Å². The molecule has 0 radical (unpaired) electrons. The van der Waals surface area contributed by atoms with Crippen LogP contribution in [-0.2, 0) is 24.1 Å². The van der Waals surface area contributed by atoms with E-state index in [0.717, 1.165) is 11.3 Å². The average Bonchev–Trinajstić information content (AvgIpc) is 3.40. The third kappa shape index (κ3) is 9.56. The van der Waals surface area contributed by atoms with Crippen molar-refractivity contribution in [2.24, 2.45) is 10.3 Å². The van der Waals surface area contributed by atoms with Crippen LogP contribution in [0.15, 0.2) is 21.1 Å². The van der Waals surface area contributed by atoms with Crippen molar-refractivity contribution >= 4 is 62.5 Å². The number of oxime groups is 2. The first-order chi connectivity index (χ1) is 15.7. The molecule has 180 valence electrons. The van der Waals surface area contributed by atoms with E-state index in [1.54, 1.807) is 10.8 Å². The number of thiazole rings is 2. The summed E-state index contributed by atoms with van der Waals surface area (Å²) in [5.74, 6) is -1.18. The fraction of sp³-hybridized carbons (Fsp3) is 0.312. The maximum Gasteiger partial charge on any atom is 0.275 e. The molecule has 0 spiro atoms. The molecule has 2 amide bonds. The van der Waals surface area contributed by atoms with Crippen molar-refractivity contribution in [3.05, 3.63) is 22.1 Å². The lowest BCUT2D eigenvalue weighted by Gasteiger charge is -2.06. The van der Waals surface area contributed by atoms with E-state index < -0.39 is 18.1 Å². The minimum absolute atomic E-state index is 0.0164. The normalized spacial score (nSPS) is 11.3. The summed E-state index contributed by atoms with van der Waals surface area (Å²) in [4.78, 5) is 50.1. The Morgan fingerprint density at radius 2 is 1.48 bits per heavy atom. The molecule has 2 aromatic rings. The van der Waals surface area contributed by atoms with Crippen LogP contribution in [0.3, 0.4) is 0 Å². The summed E-state index contributed by atoms with van der Waals surface area (Å²) in [7, 11) is 2.59. The van der Waals surface area contributed by atoms with Crippen molar-refractivity contribution < 1.29 is 34.3 Å². The first-order valence-corrected chi connectivity index (χ1v) is 10.5. The molecule has 33 heavy (non-hydrogen) atoms. The first-order valence-electron chi connectivity index (χ1n) is 8.74. The Bertz CT molecular complexity index is 989. The predicted octanol–water partition coefficient (Wildman–Crippen LogP) is -2.11. The molecule has 8 N–H and O–H groups in total. The number of aliphatic hydroxyl groups excluding tert-OH is 1. The highest BCUT2D eigenvalue weighted by Crippen LogP contribution is 2.13. The van der Waals surface area contributed by atoms with Crippen molar-refractivity contribution in [3.63, 3.8) is 0 Å². The molecule has 0 aromatic carbocycles. The molecule has 17 heteroatoms. The first kappa shape index (κ1) is 27.4. The van der Waals surface area contributed by atoms with Gasteiger partial charge in [0.2, 0.25) is 0 Å². The fourth-order valence-electron chi connectivity index (χ4n) is 1.87. The lowest BCUT2D eigenvalue weighted by molar-refractivity contribution is -0.117. The zero-order valence-electron chi connectivity index (χ0n) is 17.4. The topological polar surface area (TPSA) is 237 Å². The van der Waals surface area contributed by atoms with Gasteiger partial charge in [0.15, 0.2) is 28.0 Å². The number of nitrogen functional groups attached to an aromatic ring is 2. The number of aliphatic hydroxyl groups is 2. The van der Waals surface area contributed by atoms with E-state index in [9.17, 15) is 14.4 Å². The second-order valence-corrected chi connectivity index (χ2v) is 7.23. The summed E-state index contributed by atoms with van der Waals surface area (Å²) in [5.41, 5.74) is 11.3. The molecule has 0 saturated carbocycles. The van der Waals surface area contributed by atoms with Gasteiger partial charge >= 0.3 is 0 Å². The molecule has 2 heterocycles. The number of nitrogens with zero attached hydrogens (tertiary/aromatic N) is 4. The van der Waals surface area contributed by atoms with Crippen LogP contribution < -0.4 is 22.1 Å². The van der Waals surface area contributed by atoms with Gasteiger partial charge in [0.25, 0.3) is 11.8 Å². The SMILES string of the molecule is CO/N=C(\C(=O)NCC(O)O)c1csc(N)n1.CO/N=C(\C(=O)NCC=O)c1csc(N)n1. The Balaban J connectivity index is 0.000000331. The summed E-state index contributed by atoms with van der Waals surface area (Å²) in [6.07, 6.45) is -1.07. The summed E-state index contributed by atoms with van der Waals surface area (Å²) in [5, 5.41) is 32.6. The van der Waals surface area contributed by atoms with Crippen molar-refractivity contribution in [1.82, 2.24) is 20.6 Å². The zero-order valence-corrected chi connectivity index (χ0v) is 19.1. The van der Waals surface area contributed by atoms with E-state index in [1.165, 1.54) is 25.6 Å². The lowest BCUT2D eigenvalue weighted by atomic mass is 10.3. The Labute approximate surface area is 195 Å². The van der Waals surface area contributed by atoms with Gasteiger partial charge < -0.3 is 46.8 Å². The predicted molar refractivity (Wildman–Crippen MR) is 120 cm³/mol. The quantitative estimate of drug-likeness (QED) is 0.0889. The van der Waals surface area contributed by atoms with Crippen LogP contribution in [-0.4, -0.2) is 83.3 Å². The Hall–Kier alpha value is -3.67. The molecule has 0 atom stereocenters. The second kappa shape index (κ2) is 14.4. The van der Waals surface area contributed by atoms with Crippen LogP contribution in [0, 0.1) is 0 Å². The number of hydrogen-bond donors (Lipinski definition) is 6. The van der Waals surface area contributed by atoms with E-state index in [4.69, 9.17) is 21.7 Å². The van der Waals surface area contributed by atoms with Crippen molar-refractivity contribution in [2.75, 3.05) is 38.8 Å². The largest absolute Gasteiger partial charge is 0.398 e. The Morgan fingerprint density at radius 3 is 1.82 bits per heavy atom. The number of anilines is 2. The fourth-order valence-corrected chi connectivity index (χ4v) is 2.97. The molecule has 15 nitrogen and oxygen atoms in total. The maximum atomic E-state index is 11.6. The van der Waals surface area contributed by atoms with Gasteiger partial charge in [-0.05, 0) is 0 Å². The minimum atomic E-state index is -1.64. The molecule has 2 rings (SSSR count). The van der Waals surface area contributed by atoms with Crippen LogP contribution in [0.5, 0.6) is 0 Å². The molecule has 0 aliphatic carbocycles. The third-order valence-corrected chi connectivity index (χ3v) is 4.46. The van der Waals surface area contributed by atoms with Gasteiger partial charge in [-0.25, -0.2) is 9.97 Å². The molecule has 0 fully saturated rings. The van der Waals surface area contributed by atoms with Gasteiger partial charge in [0, 0.05) is 10.8 Å². The number of carbonyl (C=O) groups is 3. The Kier molecular flexibility index (Phi) is 11.9. The van der Waals surface area contributed by atoms with Gasteiger partial charge in [0.05, 0.1) is 13.1 Å². The Morgan fingerprint density at radius 1 is 1.03 bits per heavy atom. The number of hydrogen-bond acceptors (Lipinski definition) is 15. The van der Waals surface area contributed by atoms with E-state index in [-0.39, 0.29) is 30.2 Å². The third-order valence-electron chi connectivity index (χ3n) is 3.12. The van der Waals surface area contributed by atoms with Crippen molar-refractivity contribution in [1.29, 1.82) is 0 Å². The molecule has 0 bridgehead atoms. The van der Waals surface area contributed by atoms with Crippen LogP contribution in [0.25, 0.3) is 0 Å². The highest BCUT2D eigenvalue weighted by molar-refractivity contribution is 7.14. The average molecular weight is 503 g/mol. The van der Waals surface area contributed by atoms with Gasteiger partial charge in [-0.1, -0.05) is 10.3 Å². The number of aromatic nitrogens is 2. The smallest absolute Gasteiger partial charge is 0.275 e. The lowest BCUT2D eigenvalue weighted by Crippen LogP contribution is -2.37. The molecule has 2 aromatic heterocycles. The van der Waals surface area contributed by atoms with E-state index in [2.05, 4.69) is 40.6 Å². The maximum absolute atomic E-state index is 11.6. The molecule has 0 aliphatic heterocycles. The highest BCUT2D eigenvalue weighted by Gasteiger charge is 2.19. The molecule has 0 unspecified atom stereocenters. The molecular formula is C16H22N8O7S2. The van der Waals surface area contributed by atoms with E-state index in [1.807, 2.05) is 0 Å². The summed E-state index contributed by atoms with van der Waals surface area (Å²) >= 11 is 2.33. The number of aldehydes is 1. The van der Waals surface area contributed by atoms with Crippen LogP contribution in [0.2, 0.25) is 0 Å². The summed E-state index contributed by atoms with van der Waals surface area (Å²) in [6.45, 7) is -0.414. The highest BCUT2D eigenvalue weighted by atomic mass is 32.1. The van der Waals surface area contributed by atoms with Gasteiger partial charge in [-0.2, -0.15) is 0 Å². The van der Waals surface area contributed by atoms with Crippen LogP contribution in [0.1, 0.15) is 11.4 Å². The number of rotatable bonds is 10. The monoisotopic (exact) mass is 502 g/mol. The van der Waals surface area contributed by atoms with Gasteiger partial charge in [-0.15, -0.1) is 22.7 Å². The summed E-state index contributed by atoms with van der Waals surface area (Å²) in [6, 6.07) is 0. The van der Waals surface area contributed by atoms with E-state index >= 15 is 0 Å². The standard InChI is InChI=1S/C8H12N4O4S.C8H10N4O3S/c1-16-12-6(4-3-17-8(9)11-4)7(15)10-2-5(13)14;1-15-12-6(7(14)10-2-3-13)5-4-16-8(9)11-5/h3,5,13-14H,2H2,1H3,(H2,9,11)(H,10,15);3-4H,2H2,1H3,(H2,9,11)(H,10,14)/b2*12-6-. The number of amides is 2. The van der Waals surface area contributed by atoms with E-state index in [0.29, 0.717) is 22.2 Å². The second-order valence-electron chi connectivity index (χ2n) is 5.45. The number of nitrogens with one attached hydrogen (secondary N) is 2. The molecule has 0 saturated heterocycles. The molecule has 0 aliphatic rings. The zero-order chi connectivity index (χ0) is 24.8. The van der Waals surface area contributed by atoms with Crippen molar-refractivity contribution in [3.8, 4) is 0 Å². The van der Waals surface area contributed by atoms with Crippen molar-refractivity contribution in [2.45, 2.75) is 6.29 Å². The number of nitrogens with two attached hydrogens (primary N) is 2. The van der Waals surface area contributed by atoms with Crippen LogP contribution in [0.4, 0.5) is 10.3 Å². The van der Waals surface area contributed by atoms with Crippen LogP contribution >= 0.6 is 22.7 Å².